The smallest absolute Gasteiger partial charge is 0.260 e. The summed E-state index contributed by atoms with van der Waals surface area (Å²) in [5.41, 5.74) is 7.22. The van der Waals surface area contributed by atoms with Crippen molar-refractivity contribution in [1.29, 1.82) is 0 Å². The number of fused-ring (bicyclic) bond motifs is 5. The van der Waals surface area contributed by atoms with Crippen LogP contribution < -0.4 is 24.0 Å². The number of carbonyl (C=O) groups excluding carboxylic acids is 3. The van der Waals surface area contributed by atoms with Crippen molar-refractivity contribution >= 4 is 58.0 Å². The average molecular weight is 1080 g/mol. The minimum Gasteiger partial charge on any atom is -0.494 e. The number of carbonyl (C=O) groups is 3. The number of nitrogens with zero attached hydrogens (tertiary/aromatic N) is 5. The van der Waals surface area contributed by atoms with Crippen LogP contribution in [0.1, 0.15) is 91.9 Å². The van der Waals surface area contributed by atoms with Gasteiger partial charge in [-0.3, -0.25) is 23.9 Å². The first-order valence-corrected chi connectivity index (χ1v) is 28.0. The van der Waals surface area contributed by atoms with E-state index in [1.54, 1.807) is 34.8 Å². The minimum absolute atomic E-state index is 0.0246. The van der Waals surface area contributed by atoms with Crippen LogP contribution in [0, 0.1) is 17.3 Å². The number of benzene rings is 4. The molecule has 2 amide bonds. The van der Waals surface area contributed by atoms with Gasteiger partial charge in [-0.25, -0.2) is 4.99 Å². The number of Topliss-reactive ketones (excluding diaryl/α,β-unsaturated/α-hetero) is 1. The molecule has 16 heteroatoms. The van der Waals surface area contributed by atoms with Crippen LogP contribution in [-0.2, 0) is 51.7 Å². The second-order valence-electron chi connectivity index (χ2n) is 21.9. The van der Waals surface area contributed by atoms with Crippen LogP contribution in [0.4, 0.5) is 17.1 Å². The van der Waals surface area contributed by atoms with Crippen molar-refractivity contribution in [2.24, 2.45) is 27.2 Å². The second-order valence-corrected chi connectivity index (χ2v) is 23.0. The normalized spacial score (nSPS) is 20.6. The number of amides is 2. The molecule has 0 radical (unpaired) electrons. The number of rotatable bonds is 19. The van der Waals surface area contributed by atoms with E-state index in [9.17, 15) is 24.6 Å². The summed E-state index contributed by atoms with van der Waals surface area (Å²) in [7, 11) is 3.15. The summed E-state index contributed by atoms with van der Waals surface area (Å²) < 4.78 is 33.0. The highest BCUT2D eigenvalue weighted by Gasteiger charge is 2.42. The van der Waals surface area contributed by atoms with Crippen molar-refractivity contribution in [2.45, 2.75) is 115 Å². The lowest BCUT2D eigenvalue weighted by atomic mass is 9.73. The average Bonchev–Trinajstić information content (AvgIpc) is 4.12. The molecule has 3 atom stereocenters. The summed E-state index contributed by atoms with van der Waals surface area (Å²) in [6.07, 6.45) is 6.85. The Morgan fingerprint density at radius 2 is 1.63 bits per heavy atom. The van der Waals surface area contributed by atoms with Crippen LogP contribution in [0.2, 0.25) is 0 Å². The number of aliphatic imine (C=N–C) groups is 2. The minimum atomic E-state index is -0.504. The van der Waals surface area contributed by atoms with Crippen molar-refractivity contribution in [1.82, 2.24) is 4.57 Å². The molecule has 0 saturated heterocycles. The van der Waals surface area contributed by atoms with Gasteiger partial charge in [0.15, 0.2) is 17.4 Å². The van der Waals surface area contributed by atoms with Crippen LogP contribution in [0.5, 0.6) is 29.0 Å². The largest absolute Gasteiger partial charge is 0.494 e. The SMILES string of the molecule is C=C=Nc1cc(OCc2cc(COC3CC4=NCC5Cc6ccccc6N5C(=O)C4=CC3OC)cc(OCCCSc3cc(O)n(CC4CCC(C(=O)C(C)(C)C)CC4)c3O)c2)c(OC)cc1C(=O)N1CCc2ccccc21. The monoisotopic (exact) mass is 1080 g/mol. The Morgan fingerprint density at radius 1 is 0.885 bits per heavy atom. The Balaban J connectivity index is 0.830. The van der Waals surface area contributed by atoms with Gasteiger partial charge in [-0.1, -0.05) is 57.2 Å². The Labute approximate surface area is 460 Å². The summed E-state index contributed by atoms with van der Waals surface area (Å²) >= 11 is 1.45. The number of para-hydroxylation sites is 2. The maximum atomic E-state index is 14.2. The van der Waals surface area contributed by atoms with E-state index < -0.39 is 12.2 Å². The standard InChI is InChI=1S/C62H69N5O10S/c1-7-63-48-31-54(52(73-5)29-46(48)59(70)65-22-21-41-13-8-10-15-50(41)65)76-36-39-25-40(37-77-55-32-49-47(30-53(55)74-6)60(71)67-44(34-64-49)28-43-14-9-11-16-51(43)67)27-45(26-39)75-23-12-24-78-56-33-57(68)66(61(56)72)35-38-17-19-42(20-18-38)58(69)62(2,3)4/h8-11,13-16,25-27,29-31,33,38,42,44,53,55,68,72H,1,12,17-24,28,32,34-37H2,2-6H3. The molecule has 2 N–H and O–H groups in total. The Morgan fingerprint density at radius 3 is 2.37 bits per heavy atom. The van der Waals surface area contributed by atoms with Crippen LogP contribution in [0.3, 0.4) is 0 Å². The van der Waals surface area contributed by atoms with Gasteiger partial charge in [0, 0.05) is 67.2 Å². The molecular weight excluding hydrogens is 1010 g/mol. The predicted octanol–water partition coefficient (Wildman–Crippen LogP) is 10.8. The molecule has 10 rings (SSSR count). The third-order valence-corrected chi connectivity index (χ3v) is 16.7. The van der Waals surface area contributed by atoms with Crippen molar-refractivity contribution in [2.75, 3.05) is 49.5 Å². The summed E-state index contributed by atoms with van der Waals surface area (Å²) in [4.78, 5) is 54.8. The fraction of sp³-hybridized carbons (Fsp3) is 0.419. The first-order chi connectivity index (χ1) is 37.7. The van der Waals surface area contributed by atoms with Crippen LogP contribution >= 0.6 is 11.8 Å². The molecule has 78 heavy (non-hydrogen) atoms. The zero-order chi connectivity index (χ0) is 54.7. The number of aromatic hydroxyl groups is 2. The van der Waals surface area contributed by atoms with Gasteiger partial charge in [0.2, 0.25) is 5.88 Å². The number of thioether (sulfide) groups is 1. The fourth-order valence-electron chi connectivity index (χ4n) is 11.6. The fourth-order valence-corrected chi connectivity index (χ4v) is 12.5. The van der Waals surface area contributed by atoms with E-state index in [0.717, 1.165) is 72.2 Å². The number of ketones is 1. The molecule has 4 heterocycles. The van der Waals surface area contributed by atoms with Gasteiger partial charge < -0.3 is 43.7 Å². The van der Waals surface area contributed by atoms with Crippen molar-refractivity contribution in [3.05, 3.63) is 131 Å². The van der Waals surface area contributed by atoms with Gasteiger partial charge in [0.1, 0.15) is 24.2 Å². The maximum Gasteiger partial charge on any atom is 0.260 e. The van der Waals surface area contributed by atoms with Gasteiger partial charge in [-0.05, 0) is 128 Å². The van der Waals surface area contributed by atoms with Crippen molar-refractivity contribution in [3.63, 3.8) is 0 Å². The lowest BCUT2D eigenvalue weighted by Gasteiger charge is -2.31. The lowest BCUT2D eigenvalue weighted by Crippen LogP contribution is -2.42. The highest BCUT2D eigenvalue weighted by molar-refractivity contribution is 7.99. The van der Waals surface area contributed by atoms with Gasteiger partial charge in [-0.15, -0.1) is 11.8 Å². The van der Waals surface area contributed by atoms with Crippen LogP contribution in [0.25, 0.3) is 0 Å². The second kappa shape index (κ2) is 23.5. The van der Waals surface area contributed by atoms with Crippen LogP contribution in [0.15, 0.2) is 118 Å². The van der Waals surface area contributed by atoms with E-state index in [1.807, 2.05) is 92.4 Å². The molecule has 5 aromatic rings. The molecule has 0 bridgehead atoms. The topological polar surface area (TPSA) is 174 Å². The van der Waals surface area contributed by atoms with Crippen molar-refractivity contribution < 1.29 is 48.3 Å². The molecule has 4 aromatic carbocycles. The number of aromatic nitrogens is 1. The molecule has 1 aromatic heterocycles. The zero-order valence-corrected chi connectivity index (χ0v) is 46.0. The van der Waals surface area contributed by atoms with E-state index in [1.165, 1.54) is 18.9 Å². The highest BCUT2D eigenvalue weighted by Crippen LogP contribution is 2.42. The van der Waals surface area contributed by atoms with Crippen LogP contribution in [-0.4, -0.2) is 102 Å². The zero-order valence-electron chi connectivity index (χ0n) is 45.2. The third-order valence-electron chi connectivity index (χ3n) is 15.6. The van der Waals surface area contributed by atoms with Crippen molar-refractivity contribution in [3.8, 4) is 29.0 Å². The highest BCUT2D eigenvalue weighted by atomic mass is 32.2. The summed E-state index contributed by atoms with van der Waals surface area (Å²) in [5, 5.41) is 22.1. The van der Waals surface area contributed by atoms with Gasteiger partial charge in [-0.2, -0.15) is 0 Å². The number of hydrogen-bond donors (Lipinski definition) is 2. The molecule has 15 nitrogen and oxygen atoms in total. The molecule has 2 aliphatic carbocycles. The summed E-state index contributed by atoms with van der Waals surface area (Å²) in [6, 6.07) is 26.6. The third kappa shape index (κ3) is 11.5. The number of hydrogen-bond acceptors (Lipinski definition) is 13. The number of ether oxygens (including phenoxy) is 5. The molecule has 0 spiro atoms. The van der Waals surface area contributed by atoms with E-state index in [0.29, 0.717) is 95.3 Å². The molecule has 408 valence electrons. The molecular formula is C62H69N5O10S. The first-order valence-electron chi connectivity index (χ1n) is 27.0. The number of methoxy groups -OCH3 is 2. The van der Waals surface area contributed by atoms with E-state index in [4.69, 9.17) is 28.7 Å². The quantitative estimate of drug-likeness (QED) is 0.0458. The van der Waals surface area contributed by atoms with E-state index in [2.05, 4.69) is 23.5 Å². The maximum absolute atomic E-state index is 14.2. The van der Waals surface area contributed by atoms with Gasteiger partial charge >= 0.3 is 0 Å². The van der Waals surface area contributed by atoms with Gasteiger partial charge in [0.25, 0.3) is 11.8 Å². The Kier molecular flexibility index (Phi) is 16.3. The number of anilines is 2. The van der Waals surface area contributed by atoms with Gasteiger partial charge in [0.05, 0.1) is 66.4 Å². The molecule has 3 aliphatic heterocycles. The first kappa shape index (κ1) is 54.3. The molecule has 1 fully saturated rings. The van der Waals surface area contributed by atoms with E-state index >= 15 is 0 Å². The molecule has 3 unspecified atom stereocenters. The Bertz CT molecular complexity index is 3200. The molecule has 5 aliphatic rings. The Hall–Kier alpha value is -7.10. The summed E-state index contributed by atoms with van der Waals surface area (Å²) in [6.45, 7) is 11.8. The molecule has 1 saturated carbocycles. The summed E-state index contributed by atoms with van der Waals surface area (Å²) in [5.74, 6) is 4.94. The van der Waals surface area contributed by atoms with E-state index in [-0.39, 0.29) is 60.1 Å². The lowest BCUT2D eigenvalue weighted by molar-refractivity contribution is -0.131. The predicted molar refractivity (Wildman–Crippen MR) is 303 cm³/mol.